The SMILES string of the molecule is CCN(CC)C(C(=O)NC1CCCC1)c1ccc(Cl)cc1. The van der Waals surface area contributed by atoms with Gasteiger partial charge in [0.1, 0.15) is 6.04 Å². The molecule has 1 aromatic carbocycles. The maximum absolute atomic E-state index is 12.8. The van der Waals surface area contributed by atoms with Gasteiger partial charge in [-0.3, -0.25) is 9.69 Å². The summed E-state index contributed by atoms with van der Waals surface area (Å²) in [6.45, 7) is 5.88. The van der Waals surface area contributed by atoms with Gasteiger partial charge in [-0.2, -0.15) is 0 Å². The van der Waals surface area contributed by atoms with Gasteiger partial charge < -0.3 is 5.32 Å². The standard InChI is InChI=1S/C17H25ClN2O/c1-3-20(4-2)16(13-9-11-14(18)12-10-13)17(21)19-15-7-5-6-8-15/h9-12,15-16H,3-8H2,1-2H3,(H,19,21). The van der Waals surface area contributed by atoms with Crippen molar-refractivity contribution in [3.05, 3.63) is 34.9 Å². The zero-order valence-electron chi connectivity index (χ0n) is 12.9. The Morgan fingerprint density at radius 3 is 2.33 bits per heavy atom. The van der Waals surface area contributed by atoms with Gasteiger partial charge in [0.05, 0.1) is 0 Å². The van der Waals surface area contributed by atoms with Gasteiger partial charge in [-0.1, -0.05) is 50.4 Å². The van der Waals surface area contributed by atoms with Crippen molar-refractivity contribution < 1.29 is 4.79 Å². The molecule has 21 heavy (non-hydrogen) atoms. The Hall–Kier alpha value is -1.06. The summed E-state index contributed by atoms with van der Waals surface area (Å²) in [5, 5.41) is 3.93. The van der Waals surface area contributed by atoms with Gasteiger partial charge in [0.15, 0.2) is 0 Å². The first-order valence-electron chi connectivity index (χ1n) is 7.95. The van der Waals surface area contributed by atoms with E-state index in [0.29, 0.717) is 11.1 Å². The van der Waals surface area contributed by atoms with Crippen LogP contribution in [0.3, 0.4) is 0 Å². The first-order chi connectivity index (χ1) is 10.2. The van der Waals surface area contributed by atoms with Crippen LogP contribution in [0, 0.1) is 0 Å². The van der Waals surface area contributed by atoms with Crippen molar-refractivity contribution >= 4 is 17.5 Å². The van der Waals surface area contributed by atoms with Crippen molar-refractivity contribution in [3.8, 4) is 0 Å². The maximum atomic E-state index is 12.8. The minimum absolute atomic E-state index is 0.118. The van der Waals surface area contributed by atoms with Crippen molar-refractivity contribution in [2.24, 2.45) is 0 Å². The molecule has 1 N–H and O–H groups in total. The van der Waals surface area contributed by atoms with Crippen LogP contribution >= 0.6 is 11.6 Å². The van der Waals surface area contributed by atoms with Crippen LogP contribution in [0.2, 0.25) is 5.02 Å². The molecule has 116 valence electrons. The Labute approximate surface area is 132 Å². The number of nitrogens with one attached hydrogen (secondary N) is 1. The zero-order chi connectivity index (χ0) is 15.2. The van der Waals surface area contributed by atoms with E-state index in [-0.39, 0.29) is 11.9 Å². The van der Waals surface area contributed by atoms with Gasteiger partial charge in [0, 0.05) is 11.1 Å². The molecular weight excluding hydrogens is 284 g/mol. The molecular formula is C17H25ClN2O. The molecule has 0 radical (unpaired) electrons. The molecule has 0 bridgehead atoms. The largest absolute Gasteiger partial charge is 0.352 e. The average molecular weight is 309 g/mol. The minimum Gasteiger partial charge on any atom is -0.352 e. The second-order valence-corrected chi connectivity index (χ2v) is 6.10. The van der Waals surface area contributed by atoms with E-state index in [4.69, 9.17) is 11.6 Å². The summed E-state index contributed by atoms with van der Waals surface area (Å²) < 4.78 is 0. The van der Waals surface area contributed by atoms with Gasteiger partial charge in [-0.05, 0) is 43.6 Å². The molecule has 0 aromatic heterocycles. The van der Waals surface area contributed by atoms with Crippen molar-refractivity contribution in [1.29, 1.82) is 0 Å². The Bertz CT molecular complexity index is 450. The highest BCUT2D eigenvalue weighted by Gasteiger charge is 2.28. The lowest BCUT2D eigenvalue weighted by Gasteiger charge is -2.30. The van der Waals surface area contributed by atoms with Crippen molar-refractivity contribution in [1.82, 2.24) is 10.2 Å². The van der Waals surface area contributed by atoms with E-state index in [1.54, 1.807) is 0 Å². The molecule has 1 atom stereocenters. The smallest absolute Gasteiger partial charge is 0.242 e. The van der Waals surface area contributed by atoms with E-state index < -0.39 is 0 Å². The highest BCUT2D eigenvalue weighted by atomic mass is 35.5. The Kier molecular flexibility index (Phi) is 6.07. The summed E-state index contributed by atoms with van der Waals surface area (Å²) in [5.41, 5.74) is 1.01. The van der Waals surface area contributed by atoms with Crippen LogP contribution in [0.4, 0.5) is 0 Å². The topological polar surface area (TPSA) is 32.3 Å². The molecule has 4 heteroatoms. The van der Waals surface area contributed by atoms with E-state index in [1.807, 2.05) is 24.3 Å². The van der Waals surface area contributed by atoms with Gasteiger partial charge in [-0.15, -0.1) is 0 Å². The number of amides is 1. The van der Waals surface area contributed by atoms with Gasteiger partial charge in [0.2, 0.25) is 5.91 Å². The quantitative estimate of drug-likeness (QED) is 0.867. The molecule has 0 saturated heterocycles. The molecule has 1 fully saturated rings. The predicted octanol–water partition coefficient (Wildman–Crippen LogP) is 3.78. The molecule has 0 aliphatic heterocycles. The summed E-state index contributed by atoms with van der Waals surface area (Å²) in [7, 11) is 0. The third-order valence-corrected chi connectivity index (χ3v) is 4.57. The normalized spacial score (nSPS) is 17.1. The van der Waals surface area contributed by atoms with Crippen LogP contribution in [-0.4, -0.2) is 29.9 Å². The van der Waals surface area contributed by atoms with Crippen LogP contribution < -0.4 is 5.32 Å². The van der Waals surface area contributed by atoms with E-state index in [2.05, 4.69) is 24.1 Å². The van der Waals surface area contributed by atoms with Crippen molar-refractivity contribution in [3.63, 3.8) is 0 Å². The first kappa shape index (κ1) is 16.3. The highest BCUT2D eigenvalue weighted by Crippen LogP contribution is 2.24. The number of carbonyl (C=O) groups is 1. The Balaban J connectivity index is 2.18. The third kappa shape index (κ3) is 4.21. The van der Waals surface area contributed by atoms with Crippen molar-refractivity contribution in [2.75, 3.05) is 13.1 Å². The second-order valence-electron chi connectivity index (χ2n) is 5.67. The maximum Gasteiger partial charge on any atom is 0.242 e. The van der Waals surface area contributed by atoms with E-state index in [1.165, 1.54) is 12.8 Å². The number of hydrogen-bond acceptors (Lipinski definition) is 2. The fourth-order valence-corrected chi connectivity index (χ4v) is 3.24. The molecule has 1 aromatic rings. The zero-order valence-corrected chi connectivity index (χ0v) is 13.7. The Morgan fingerprint density at radius 1 is 1.24 bits per heavy atom. The van der Waals surface area contributed by atoms with E-state index in [0.717, 1.165) is 31.5 Å². The number of benzene rings is 1. The van der Waals surface area contributed by atoms with Crippen LogP contribution in [0.25, 0.3) is 0 Å². The third-order valence-electron chi connectivity index (χ3n) is 4.31. The monoisotopic (exact) mass is 308 g/mol. The van der Waals surface area contributed by atoms with E-state index >= 15 is 0 Å². The lowest BCUT2D eigenvalue weighted by molar-refractivity contribution is -0.127. The van der Waals surface area contributed by atoms with Gasteiger partial charge in [-0.25, -0.2) is 0 Å². The average Bonchev–Trinajstić information content (AvgIpc) is 2.98. The summed E-state index contributed by atoms with van der Waals surface area (Å²) in [4.78, 5) is 14.9. The lowest BCUT2D eigenvalue weighted by Crippen LogP contribution is -2.43. The molecule has 1 aliphatic rings. The fourth-order valence-electron chi connectivity index (χ4n) is 3.11. The number of hydrogen-bond donors (Lipinski definition) is 1. The number of nitrogens with zero attached hydrogens (tertiary/aromatic N) is 1. The number of halogens is 1. The summed E-state index contributed by atoms with van der Waals surface area (Å²) in [6, 6.07) is 7.76. The summed E-state index contributed by atoms with van der Waals surface area (Å²) >= 11 is 5.97. The molecule has 2 rings (SSSR count). The molecule has 1 aliphatic carbocycles. The molecule has 1 amide bonds. The fraction of sp³-hybridized carbons (Fsp3) is 0.588. The molecule has 1 unspecified atom stereocenters. The highest BCUT2D eigenvalue weighted by molar-refractivity contribution is 6.30. The van der Waals surface area contributed by atoms with Gasteiger partial charge in [0.25, 0.3) is 0 Å². The number of rotatable bonds is 6. The van der Waals surface area contributed by atoms with Crippen molar-refractivity contribution in [2.45, 2.75) is 51.6 Å². The van der Waals surface area contributed by atoms with Crippen LogP contribution in [0.15, 0.2) is 24.3 Å². The van der Waals surface area contributed by atoms with Gasteiger partial charge >= 0.3 is 0 Å². The molecule has 3 nitrogen and oxygen atoms in total. The molecule has 1 saturated carbocycles. The molecule has 0 spiro atoms. The molecule has 0 heterocycles. The number of likely N-dealkylation sites (N-methyl/N-ethyl adjacent to an activating group) is 1. The predicted molar refractivity (Wildman–Crippen MR) is 87.5 cm³/mol. The summed E-state index contributed by atoms with van der Waals surface area (Å²) in [5.74, 6) is 0.118. The first-order valence-corrected chi connectivity index (χ1v) is 8.33. The Morgan fingerprint density at radius 2 is 1.81 bits per heavy atom. The minimum atomic E-state index is -0.224. The lowest BCUT2D eigenvalue weighted by atomic mass is 10.0. The van der Waals surface area contributed by atoms with E-state index in [9.17, 15) is 4.79 Å². The van der Waals surface area contributed by atoms with Crippen LogP contribution in [0.1, 0.15) is 51.1 Å². The van der Waals surface area contributed by atoms with Crippen LogP contribution in [-0.2, 0) is 4.79 Å². The number of carbonyl (C=O) groups excluding carboxylic acids is 1. The second kappa shape index (κ2) is 7.81. The summed E-state index contributed by atoms with van der Waals surface area (Å²) in [6.07, 6.45) is 4.66. The van der Waals surface area contributed by atoms with Crippen LogP contribution in [0.5, 0.6) is 0 Å².